The number of benzene rings is 2. The third kappa shape index (κ3) is 3.13. The zero-order valence-electron chi connectivity index (χ0n) is 21.5. The molecule has 4 heterocycles. The summed E-state index contributed by atoms with van der Waals surface area (Å²) in [6, 6.07) is 6.36. The van der Waals surface area contributed by atoms with Crippen molar-refractivity contribution in [2.45, 2.75) is 59.4 Å². The molecule has 0 atom stereocenters. The van der Waals surface area contributed by atoms with E-state index < -0.39 is 0 Å². The van der Waals surface area contributed by atoms with Crippen LogP contribution in [0.2, 0.25) is 0 Å². The van der Waals surface area contributed by atoms with Crippen LogP contribution < -0.4 is 30.4 Å². The minimum absolute atomic E-state index is 0.112. The van der Waals surface area contributed by atoms with E-state index in [1.54, 1.807) is 0 Å². The van der Waals surface area contributed by atoms with E-state index in [1.165, 1.54) is 22.1 Å². The Bertz CT molecular complexity index is 1640. The van der Waals surface area contributed by atoms with E-state index in [9.17, 15) is 4.79 Å². The standard InChI is InChI=1S/C30H33N2O3/c1-7-18-12-19-13-23-28(35-27(19)20-10-9-11-31(6)26(18)20)22-14-21-17(3)16-30(4,5)32(8-2)24(21)15-25(22)34-29(23)33/h12-16H,7-11H2,1-6H3/q+1. The lowest BCUT2D eigenvalue weighted by Gasteiger charge is -2.42. The maximum Gasteiger partial charge on any atom is 0.347 e. The summed E-state index contributed by atoms with van der Waals surface area (Å²) in [5, 5.41) is 3.11. The third-order valence-electron chi connectivity index (χ3n) is 7.95. The maximum atomic E-state index is 13.2. The Balaban J connectivity index is 1.66. The summed E-state index contributed by atoms with van der Waals surface area (Å²) in [6.45, 7) is 12.9. The van der Waals surface area contributed by atoms with E-state index in [0.717, 1.165) is 60.0 Å². The molecule has 2 aromatic carbocycles. The Hall–Kier alpha value is -3.34. The van der Waals surface area contributed by atoms with Gasteiger partial charge in [0.2, 0.25) is 5.36 Å². The van der Waals surface area contributed by atoms with Gasteiger partial charge in [-0.15, -0.1) is 0 Å². The maximum absolute atomic E-state index is 13.2. The SMILES string of the molecule is CCc1cc2c(c3c1=[N+](C)CCC3)Oc1c(c(=O)oc3cc4c(cc13)C(C)=CC(C)(C)N4CC)C=2. The van der Waals surface area contributed by atoms with Crippen LogP contribution in [0.5, 0.6) is 11.5 Å². The van der Waals surface area contributed by atoms with Crippen molar-refractivity contribution in [2.24, 2.45) is 0 Å². The van der Waals surface area contributed by atoms with Crippen molar-refractivity contribution in [3.8, 4) is 11.5 Å². The van der Waals surface area contributed by atoms with Gasteiger partial charge >= 0.3 is 5.63 Å². The number of nitrogens with zero attached hydrogens (tertiary/aromatic N) is 2. The highest BCUT2D eigenvalue weighted by Crippen LogP contribution is 2.44. The molecule has 0 aliphatic carbocycles. The number of hydrogen-bond donors (Lipinski definition) is 0. The molecule has 180 valence electrons. The third-order valence-corrected chi connectivity index (χ3v) is 7.95. The molecule has 0 amide bonds. The van der Waals surface area contributed by atoms with E-state index in [0.29, 0.717) is 16.9 Å². The monoisotopic (exact) mass is 469 g/mol. The molecule has 5 heteroatoms. The van der Waals surface area contributed by atoms with Crippen molar-refractivity contribution in [2.75, 3.05) is 25.0 Å². The summed E-state index contributed by atoms with van der Waals surface area (Å²) in [7, 11) is 2.16. The fourth-order valence-corrected chi connectivity index (χ4v) is 6.44. The summed E-state index contributed by atoms with van der Waals surface area (Å²) >= 11 is 0. The van der Waals surface area contributed by atoms with Gasteiger partial charge in [0, 0.05) is 41.1 Å². The van der Waals surface area contributed by atoms with E-state index >= 15 is 0 Å². The average Bonchev–Trinajstić information content (AvgIpc) is 2.82. The number of anilines is 1. The fraction of sp³-hybridized carbons (Fsp3) is 0.400. The molecule has 5 nitrogen and oxygen atoms in total. The fourth-order valence-electron chi connectivity index (χ4n) is 6.44. The van der Waals surface area contributed by atoms with E-state index in [-0.39, 0.29) is 11.2 Å². The predicted octanol–water partition coefficient (Wildman–Crippen LogP) is 4.38. The second-order valence-electron chi connectivity index (χ2n) is 10.6. The van der Waals surface area contributed by atoms with Gasteiger partial charge in [0.1, 0.15) is 30.5 Å². The largest absolute Gasteiger partial charge is 0.454 e. The number of fused-ring (bicyclic) bond motifs is 7. The first-order chi connectivity index (χ1) is 16.7. The van der Waals surface area contributed by atoms with Crippen molar-refractivity contribution in [1.29, 1.82) is 0 Å². The topological polar surface area (TPSA) is 45.7 Å². The molecule has 35 heavy (non-hydrogen) atoms. The van der Waals surface area contributed by atoms with Gasteiger partial charge in [-0.25, -0.2) is 9.37 Å². The first-order valence-electron chi connectivity index (χ1n) is 12.8. The molecule has 0 saturated heterocycles. The number of aryl methyl sites for hydroxylation is 1. The van der Waals surface area contributed by atoms with Crippen LogP contribution in [-0.4, -0.2) is 25.7 Å². The van der Waals surface area contributed by atoms with Crippen molar-refractivity contribution >= 4 is 28.3 Å². The van der Waals surface area contributed by atoms with Gasteiger partial charge in [-0.2, -0.15) is 0 Å². The highest BCUT2D eigenvalue weighted by Gasteiger charge is 2.32. The molecule has 0 N–H and O–H groups in total. The second-order valence-corrected chi connectivity index (χ2v) is 10.6. The van der Waals surface area contributed by atoms with Crippen LogP contribution in [-0.2, 0) is 12.8 Å². The van der Waals surface area contributed by atoms with Gasteiger partial charge in [0.25, 0.3) is 0 Å². The lowest BCUT2D eigenvalue weighted by atomic mass is 9.88. The highest BCUT2D eigenvalue weighted by molar-refractivity contribution is 5.96. The molecule has 0 fully saturated rings. The van der Waals surface area contributed by atoms with Crippen LogP contribution in [0.1, 0.15) is 63.3 Å². The molecular weight excluding hydrogens is 436 g/mol. The predicted molar refractivity (Wildman–Crippen MR) is 142 cm³/mol. The van der Waals surface area contributed by atoms with E-state index in [4.69, 9.17) is 9.15 Å². The Kier molecular flexibility index (Phi) is 4.79. The average molecular weight is 470 g/mol. The van der Waals surface area contributed by atoms with Crippen LogP contribution in [0.3, 0.4) is 0 Å². The normalized spacial score (nSPS) is 17.6. The number of ether oxygens (including phenoxy) is 1. The molecule has 0 bridgehead atoms. The minimum Gasteiger partial charge on any atom is -0.454 e. The molecule has 3 aliphatic rings. The Labute approximate surface area is 205 Å². The van der Waals surface area contributed by atoms with Gasteiger partial charge in [0.05, 0.1) is 16.5 Å². The van der Waals surface area contributed by atoms with Crippen molar-refractivity contribution in [3.05, 3.63) is 67.5 Å². The minimum atomic E-state index is -0.351. The van der Waals surface area contributed by atoms with Crippen LogP contribution in [0.25, 0.3) is 22.6 Å². The van der Waals surface area contributed by atoms with Gasteiger partial charge in [-0.3, -0.25) is 0 Å². The highest BCUT2D eigenvalue weighted by atomic mass is 16.5. The van der Waals surface area contributed by atoms with Crippen LogP contribution in [0.15, 0.2) is 33.5 Å². The second kappa shape index (κ2) is 7.58. The molecule has 3 aliphatic heterocycles. The summed E-state index contributed by atoms with van der Waals surface area (Å²) in [5.41, 5.74) is 6.65. The van der Waals surface area contributed by atoms with Crippen LogP contribution in [0.4, 0.5) is 5.69 Å². The molecule has 3 aromatic rings. The molecule has 6 rings (SSSR count). The summed E-state index contributed by atoms with van der Waals surface area (Å²) in [5.74, 6) is 1.51. The first kappa shape index (κ1) is 22.1. The summed E-state index contributed by atoms with van der Waals surface area (Å²) in [4.78, 5) is 15.5. The zero-order chi connectivity index (χ0) is 24.6. The lowest BCUT2D eigenvalue weighted by molar-refractivity contribution is 0.450. The Morgan fingerprint density at radius 2 is 1.94 bits per heavy atom. The smallest absolute Gasteiger partial charge is 0.347 e. The molecule has 0 unspecified atom stereocenters. The van der Waals surface area contributed by atoms with E-state index in [2.05, 4.69) is 69.4 Å². The number of hydrogen-bond acceptors (Lipinski definition) is 4. The lowest BCUT2D eigenvalue weighted by Crippen LogP contribution is -2.44. The molecule has 1 aromatic heterocycles. The molecular formula is C30H33N2O3+. The number of rotatable bonds is 2. The number of likely N-dealkylation sites (N-methyl/N-ethyl adjacent to an activating group) is 1. The van der Waals surface area contributed by atoms with Crippen molar-refractivity contribution in [1.82, 2.24) is 4.58 Å². The molecule has 0 spiro atoms. The van der Waals surface area contributed by atoms with Gasteiger partial charge in [-0.1, -0.05) is 13.0 Å². The zero-order valence-corrected chi connectivity index (χ0v) is 21.5. The summed E-state index contributed by atoms with van der Waals surface area (Å²) < 4.78 is 14.9. The Morgan fingerprint density at radius 3 is 2.69 bits per heavy atom. The quantitative estimate of drug-likeness (QED) is 0.323. The number of allylic oxidation sites excluding steroid dienone is 1. The molecule has 0 radical (unpaired) electrons. The van der Waals surface area contributed by atoms with Crippen molar-refractivity contribution in [3.63, 3.8) is 0 Å². The van der Waals surface area contributed by atoms with Gasteiger partial charge < -0.3 is 14.1 Å². The van der Waals surface area contributed by atoms with Gasteiger partial charge in [0.15, 0.2) is 5.75 Å². The summed E-state index contributed by atoms with van der Waals surface area (Å²) in [6.07, 6.45) is 7.30. The van der Waals surface area contributed by atoms with Gasteiger partial charge in [-0.05, 0) is 64.3 Å². The Morgan fingerprint density at radius 1 is 1.14 bits per heavy atom. The molecule has 0 saturated carbocycles. The van der Waals surface area contributed by atoms with Crippen molar-refractivity contribution < 1.29 is 9.15 Å². The van der Waals surface area contributed by atoms with Crippen LogP contribution in [0, 0.1) is 0 Å². The van der Waals surface area contributed by atoms with E-state index in [1.807, 2.05) is 12.1 Å². The van der Waals surface area contributed by atoms with Crippen LogP contribution >= 0.6 is 0 Å². The first-order valence-corrected chi connectivity index (χ1v) is 12.8.